The number of rotatable bonds is 4. The molecule has 8 nitrogen and oxygen atoms in total. The van der Waals surface area contributed by atoms with Gasteiger partial charge in [0.15, 0.2) is 9.84 Å². The van der Waals surface area contributed by atoms with Gasteiger partial charge in [-0.1, -0.05) is 0 Å². The molecule has 0 aliphatic carbocycles. The molecule has 0 bridgehead atoms. The summed E-state index contributed by atoms with van der Waals surface area (Å²) in [6, 6.07) is 3.90. The van der Waals surface area contributed by atoms with Crippen molar-refractivity contribution in [3.8, 4) is 0 Å². The van der Waals surface area contributed by atoms with Crippen LogP contribution in [0.5, 0.6) is 0 Å². The lowest BCUT2D eigenvalue weighted by atomic mass is 10.1. The third-order valence-electron chi connectivity index (χ3n) is 6.26. The Bertz CT molecular complexity index is 1010. The summed E-state index contributed by atoms with van der Waals surface area (Å²) < 4.78 is 63.9. The number of hydrogen-bond acceptors (Lipinski definition) is 6. The molecule has 11 heteroatoms. The van der Waals surface area contributed by atoms with Crippen molar-refractivity contribution < 1.29 is 26.0 Å². The number of carbonyl (C=O) groups excluding carboxylic acids is 1. The first-order valence-corrected chi connectivity index (χ1v) is 13.4. The summed E-state index contributed by atoms with van der Waals surface area (Å²) in [6.07, 6.45) is 1.68. The van der Waals surface area contributed by atoms with E-state index in [0.29, 0.717) is 45.4 Å². The van der Waals surface area contributed by atoms with Crippen molar-refractivity contribution in [1.82, 2.24) is 14.1 Å². The summed E-state index contributed by atoms with van der Waals surface area (Å²) >= 11 is 0. The number of halogens is 1. The van der Waals surface area contributed by atoms with Crippen LogP contribution in [0, 0.1) is 5.82 Å². The van der Waals surface area contributed by atoms with Crippen molar-refractivity contribution in [1.29, 1.82) is 0 Å². The minimum absolute atomic E-state index is 0.00841. The maximum atomic E-state index is 13.2. The molecule has 3 fully saturated rings. The first-order chi connectivity index (χ1) is 14.2. The van der Waals surface area contributed by atoms with Gasteiger partial charge >= 0.3 is 0 Å². The van der Waals surface area contributed by atoms with Crippen LogP contribution in [0.2, 0.25) is 0 Å². The Morgan fingerprint density at radius 3 is 2.27 bits per heavy atom. The summed E-state index contributed by atoms with van der Waals surface area (Å²) in [4.78, 5) is 16.9. The van der Waals surface area contributed by atoms with E-state index in [0.717, 1.165) is 12.1 Å². The monoisotopic (exact) mass is 459 g/mol. The maximum absolute atomic E-state index is 13.2. The molecule has 0 unspecified atom stereocenters. The van der Waals surface area contributed by atoms with E-state index in [1.807, 2.05) is 0 Å². The van der Waals surface area contributed by atoms with Gasteiger partial charge in [0.2, 0.25) is 15.9 Å². The molecule has 1 aromatic carbocycles. The highest BCUT2D eigenvalue weighted by atomic mass is 32.2. The highest BCUT2D eigenvalue weighted by molar-refractivity contribution is 7.91. The number of piperazine rings is 1. The fourth-order valence-electron chi connectivity index (χ4n) is 4.60. The van der Waals surface area contributed by atoms with Crippen LogP contribution in [0.25, 0.3) is 0 Å². The first kappa shape index (κ1) is 21.7. The Balaban J connectivity index is 1.41. The van der Waals surface area contributed by atoms with Crippen LogP contribution in [0.4, 0.5) is 4.39 Å². The second kappa shape index (κ2) is 8.18. The Morgan fingerprint density at radius 2 is 1.67 bits per heavy atom. The fourth-order valence-corrected chi connectivity index (χ4v) is 8.01. The molecule has 0 aromatic heterocycles. The van der Waals surface area contributed by atoms with Gasteiger partial charge in [0.1, 0.15) is 11.9 Å². The second-order valence-corrected chi connectivity index (χ2v) is 12.3. The van der Waals surface area contributed by atoms with Crippen LogP contribution < -0.4 is 0 Å². The molecule has 0 spiro atoms. The molecule has 0 radical (unpaired) electrons. The Kier molecular flexibility index (Phi) is 5.90. The predicted molar refractivity (Wildman–Crippen MR) is 109 cm³/mol. The number of carbonyl (C=O) groups is 1. The zero-order chi connectivity index (χ0) is 21.5. The lowest BCUT2D eigenvalue weighted by Crippen LogP contribution is -2.56. The highest BCUT2D eigenvalue weighted by Crippen LogP contribution is 2.28. The van der Waals surface area contributed by atoms with Gasteiger partial charge in [0.25, 0.3) is 0 Å². The van der Waals surface area contributed by atoms with Gasteiger partial charge in [-0.3, -0.25) is 9.69 Å². The lowest BCUT2D eigenvalue weighted by Gasteiger charge is -2.39. The van der Waals surface area contributed by atoms with Crippen LogP contribution in [0.3, 0.4) is 0 Å². The number of sulfone groups is 1. The molecule has 0 saturated carbocycles. The van der Waals surface area contributed by atoms with Crippen LogP contribution >= 0.6 is 0 Å². The topological polar surface area (TPSA) is 95.1 Å². The Morgan fingerprint density at radius 1 is 1.00 bits per heavy atom. The molecule has 1 amide bonds. The molecule has 3 heterocycles. The van der Waals surface area contributed by atoms with Crippen molar-refractivity contribution in [2.24, 2.45) is 0 Å². The van der Waals surface area contributed by atoms with Gasteiger partial charge in [-0.2, -0.15) is 4.31 Å². The van der Waals surface area contributed by atoms with Gasteiger partial charge in [0.05, 0.1) is 16.4 Å². The molecule has 1 aromatic rings. The number of benzene rings is 1. The molecule has 4 rings (SSSR count). The minimum Gasteiger partial charge on any atom is -0.339 e. The third kappa shape index (κ3) is 4.25. The van der Waals surface area contributed by atoms with Crippen molar-refractivity contribution in [3.05, 3.63) is 30.1 Å². The van der Waals surface area contributed by atoms with Gasteiger partial charge < -0.3 is 4.90 Å². The molecular weight excluding hydrogens is 433 g/mol. The van der Waals surface area contributed by atoms with Crippen molar-refractivity contribution in [3.63, 3.8) is 0 Å². The summed E-state index contributed by atoms with van der Waals surface area (Å²) in [5.74, 6) is -0.338. The standard InChI is InChI=1S/C19H26FN3O5S2/c20-15-3-5-17(6-4-15)30(27,28)23-8-1-2-18(23)19(24)22-11-9-21(10-12-22)16-7-13-29(25,26)14-16/h3-6,16,18H,1-2,7-14H2/t16-,18+/m0/s1. The Labute approximate surface area is 176 Å². The van der Waals surface area contributed by atoms with Crippen molar-refractivity contribution in [2.75, 3.05) is 44.2 Å². The smallest absolute Gasteiger partial charge is 0.243 e. The van der Waals surface area contributed by atoms with Crippen LogP contribution in [-0.2, 0) is 24.7 Å². The average Bonchev–Trinajstić information content (AvgIpc) is 3.35. The average molecular weight is 460 g/mol. The molecule has 3 saturated heterocycles. The largest absolute Gasteiger partial charge is 0.339 e. The number of nitrogens with zero attached hydrogens (tertiary/aromatic N) is 3. The van der Waals surface area contributed by atoms with E-state index in [1.54, 1.807) is 4.90 Å². The van der Waals surface area contributed by atoms with E-state index in [9.17, 15) is 26.0 Å². The number of sulfonamides is 1. The van der Waals surface area contributed by atoms with E-state index >= 15 is 0 Å². The summed E-state index contributed by atoms with van der Waals surface area (Å²) in [6.45, 7) is 2.34. The molecule has 3 aliphatic heterocycles. The molecule has 2 atom stereocenters. The summed E-state index contributed by atoms with van der Waals surface area (Å²) in [5, 5.41) is 0. The third-order valence-corrected chi connectivity index (χ3v) is 9.93. The molecule has 3 aliphatic rings. The SMILES string of the molecule is O=C([C@H]1CCCN1S(=O)(=O)c1ccc(F)cc1)N1CCN([C@H]2CCS(=O)(=O)C2)CC1. The van der Waals surface area contributed by atoms with E-state index in [-0.39, 0.29) is 34.9 Å². The predicted octanol–water partition coefficient (Wildman–Crippen LogP) is 0.310. The normalized spacial score (nSPS) is 28.1. The quantitative estimate of drug-likeness (QED) is 0.643. The van der Waals surface area contributed by atoms with Crippen LogP contribution in [0.15, 0.2) is 29.2 Å². The van der Waals surface area contributed by atoms with Gasteiger partial charge in [-0.25, -0.2) is 21.2 Å². The lowest BCUT2D eigenvalue weighted by molar-refractivity contribution is -0.136. The van der Waals surface area contributed by atoms with Crippen molar-refractivity contribution >= 4 is 25.8 Å². The minimum atomic E-state index is -3.88. The van der Waals surface area contributed by atoms with Crippen molar-refractivity contribution in [2.45, 2.75) is 36.2 Å². The Hall–Kier alpha value is -1.56. The van der Waals surface area contributed by atoms with E-state index < -0.39 is 31.7 Å². The molecule has 0 N–H and O–H groups in total. The van der Waals surface area contributed by atoms with E-state index in [2.05, 4.69) is 4.90 Å². The first-order valence-electron chi connectivity index (χ1n) is 10.2. The van der Waals surface area contributed by atoms with E-state index in [4.69, 9.17) is 0 Å². The summed E-state index contributed by atoms with van der Waals surface area (Å²) in [5.41, 5.74) is 0. The fraction of sp³-hybridized carbons (Fsp3) is 0.632. The van der Waals surface area contributed by atoms with Crippen LogP contribution in [-0.4, -0.2) is 93.2 Å². The summed E-state index contributed by atoms with van der Waals surface area (Å²) in [7, 11) is -6.84. The maximum Gasteiger partial charge on any atom is 0.243 e. The number of hydrogen-bond donors (Lipinski definition) is 0. The zero-order valence-electron chi connectivity index (χ0n) is 16.6. The number of amides is 1. The van der Waals surface area contributed by atoms with Gasteiger partial charge in [-0.05, 0) is 43.5 Å². The molecular formula is C19H26FN3O5S2. The van der Waals surface area contributed by atoms with Gasteiger partial charge in [0, 0.05) is 38.8 Å². The molecule has 30 heavy (non-hydrogen) atoms. The highest BCUT2D eigenvalue weighted by Gasteiger charge is 2.42. The second-order valence-electron chi connectivity index (χ2n) is 8.15. The van der Waals surface area contributed by atoms with Gasteiger partial charge in [-0.15, -0.1) is 0 Å². The van der Waals surface area contributed by atoms with E-state index in [1.165, 1.54) is 16.4 Å². The molecule has 166 valence electrons. The zero-order valence-corrected chi connectivity index (χ0v) is 18.2. The van der Waals surface area contributed by atoms with Crippen LogP contribution in [0.1, 0.15) is 19.3 Å².